The number of hydrogen-bond acceptors (Lipinski definition) is 0. The van der Waals surface area contributed by atoms with Crippen molar-refractivity contribution in [1.82, 2.24) is 0 Å². The molecule has 0 unspecified atom stereocenters. The number of hydrogen-bond donors (Lipinski definition) is 0. The molecular weight excluding hydrogens is 402 g/mol. The van der Waals surface area contributed by atoms with Crippen molar-refractivity contribution in [3.63, 3.8) is 0 Å². The van der Waals surface area contributed by atoms with E-state index >= 15 is 0 Å². The normalized spacial score (nSPS) is 24.5. The first-order valence-corrected chi connectivity index (χ1v) is 13.3. The number of allylic oxidation sites excluding steroid dienone is 1. The first-order valence-electron chi connectivity index (χ1n) is 10.7. The molecule has 143 valence electrons. The second-order valence-electron chi connectivity index (χ2n) is 8.39. The number of rotatable bonds is 4. The Balaban J connectivity index is 0.000000368. The van der Waals surface area contributed by atoms with E-state index in [0.29, 0.717) is 7.92 Å². The Hall–Kier alpha value is 0.832. The van der Waals surface area contributed by atoms with Crippen molar-refractivity contribution in [2.45, 2.75) is 125 Å². The van der Waals surface area contributed by atoms with Crippen molar-refractivity contribution in [2.75, 3.05) is 0 Å². The Bertz CT molecular complexity index is 293. The van der Waals surface area contributed by atoms with Gasteiger partial charge in [0.1, 0.15) is 0 Å². The maximum absolute atomic E-state index is 3.64. The second kappa shape index (κ2) is 12.3. The van der Waals surface area contributed by atoms with E-state index in [1.807, 2.05) is 6.92 Å². The van der Waals surface area contributed by atoms with E-state index in [-0.39, 0.29) is 0 Å². The van der Waals surface area contributed by atoms with Crippen molar-refractivity contribution >= 4 is 7.92 Å². The monoisotopic (exact) mass is 441 g/mol. The summed E-state index contributed by atoms with van der Waals surface area (Å²) < 4.78 is 0. The first kappa shape index (κ1) is 21.1. The van der Waals surface area contributed by atoms with Gasteiger partial charge >= 0.3 is 43.2 Å². The first-order chi connectivity index (χ1) is 11.7. The van der Waals surface area contributed by atoms with E-state index in [0.717, 1.165) is 4.89 Å². The standard InChI is InChI=1S/C18H33P.C4H7.Pd/c1-4-10-16(11-5-1)19(17-12-6-2-7-13-17)18-14-8-3-9-15-18;1-4(2)3;/h16-18H,1-15H2;1-2H2,3H3;. The summed E-state index contributed by atoms with van der Waals surface area (Å²) in [6.07, 6.45) is 23.6. The van der Waals surface area contributed by atoms with Crippen LogP contribution in [-0.4, -0.2) is 17.0 Å². The summed E-state index contributed by atoms with van der Waals surface area (Å²) >= 11 is 2.99. The summed E-state index contributed by atoms with van der Waals surface area (Å²) in [5, 5.41) is 0. The third-order valence-corrected chi connectivity index (χ3v) is 11.2. The van der Waals surface area contributed by atoms with Crippen LogP contribution in [0.15, 0.2) is 12.2 Å². The van der Waals surface area contributed by atoms with Crippen molar-refractivity contribution in [1.29, 1.82) is 0 Å². The van der Waals surface area contributed by atoms with Crippen LogP contribution in [0.25, 0.3) is 0 Å². The zero-order valence-corrected chi connectivity index (χ0v) is 18.5. The van der Waals surface area contributed by atoms with E-state index in [4.69, 9.17) is 0 Å². The van der Waals surface area contributed by atoms with Crippen molar-refractivity contribution in [2.24, 2.45) is 0 Å². The molecule has 0 amide bonds. The molecule has 0 bridgehead atoms. The Labute approximate surface area is 164 Å². The molecule has 3 saturated carbocycles. The molecule has 0 aliphatic heterocycles. The van der Waals surface area contributed by atoms with Crippen LogP contribution in [0.1, 0.15) is 103 Å². The minimum atomic E-state index is 0.385. The van der Waals surface area contributed by atoms with Crippen LogP contribution in [0.3, 0.4) is 0 Å². The predicted molar refractivity (Wildman–Crippen MR) is 107 cm³/mol. The molecule has 0 N–H and O–H groups in total. The van der Waals surface area contributed by atoms with Crippen LogP contribution in [0, 0.1) is 0 Å². The fraction of sp³-hybridized carbons (Fsp3) is 0.909. The summed E-state index contributed by atoms with van der Waals surface area (Å²) in [4.78, 5) is 0.961. The van der Waals surface area contributed by atoms with Gasteiger partial charge in [-0.15, -0.1) is 0 Å². The summed E-state index contributed by atoms with van der Waals surface area (Å²) in [5.41, 5.74) is 4.76. The van der Waals surface area contributed by atoms with Gasteiger partial charge in [-0.2, -0.15) is 0 Å². The van der Waals surface area contributed by atoms with Crippen molar-refractivity contribution in [3.05, 3.63) is 12.2 Å². The molecule has 24 heavy (non-hydrogen) atoms. The zero-order chi connectivity index (χ0) is 17.2. The minimum absolute atomic E-state index is 0.385. The Morgan fingerprint density at radius 2 is 0.958 bits per heavy atom. The Morgan fingerprint density at radius 3 is 1.17 bits per heavy atom. The summed E-state index contributed by atoms with van der Waals surface area (Å²) in [7, 11) is 0.385. The molecule has 3 fully saturated rings. The van der Waals surface area contributed by atoms with E-state index < -0.39 is 0 Å². The average Bonchev–Trinajstić information content (AvgIpc) is 2.65. The van der Waals surface area contributed by atoms with Crippen molar-refractivity contribution in [3.8, 4) is 0 Å². The quantitative estimate of drug-likeness (QED) is 0.235. The second-order valence-corrected chi connectivity index (χ2v) is 12.0. The van der Waals surface area contributed by atoms with Crippen LogP contribution in [0.5, 0.6) is 0 Å². The van der Waals surface area contributed by atoms with Gasteiger partial charge in [-0.05, 0) is 55.5 Å². The van der Waals surface area contributed by atoms with Crippen LogP contribution in [-0.2, 0) is 19.2 Å². The Kier molecular flexibility index (Phi) is 10.8. The van der Waals surface area contributed by atoms with Gasteiger partial charge in [0.15, 0.2) is 0 Å². The zero-order valence-electron chi connectivity index (χ0n) is 16.0. The van der Waals surface area contributed by atoms with Gasteiger partial charge in [-0.1, -0.05) is 65.7 Å². The van der Waals surface area contributed by atoms with E-state index in [1.165, 1.54) is 41.8 Å². The molecule has 0 atom stereocenters. The summed E-state index contributed by atoms with van der Waals surface area (Å²) in [6, 6.07) is 0. The molecule has 2 heteroatoms. The van der Waals surface area contributed by atoms with E-state index in [1.54, 1.807) is 77.0 Å². The van der Waals surface area contributed by atoms with Gasteiger partial charge in [0.2, 0.25) is 0 Å². The van der Waals surface area contributed by atoms with Crippen LogP contribution >= 0.6 is 7.92 Å². The molecule has 0 nitrogen and oxygen atoms in total. The summed E-state index contributed by atoms with van der Waals surface area (Å²) in [5.74, 6) is 0. The molecule has 0 radical (unpaired) electrons. The van der Waals surface area contributed by atoms with E-state index in [9.17, 15) is 0 Å². The molecule has 0 aromatic rings. The average molecular weight is 442 g/mol. The fourth-order valence-electron chi connectivity index (χ4n) is 5.03. The third-order valence-electron chi connectivity index (χ3n) is 6.18. The van der Waals surface area contributed by atoms with Gasteiger partial charge in [0.05, 0.1) is 0 Å². The molecule has 3 aliphatic carbocycles. The Morgan fingerprint density at radius 1 is 0.708 bits per heavy atom. The van der Waals surface area contributed by atoms with Crippen LogP contribution in [0.2, 0.25) is 4.89 Å². The fourth-order valence-corrected chi connectivity index (χ4v) is 9.71. The molecule has 3 aliphatic rings. The third kappa shape index (κ3) is 7.22. The van der Waals surface area contributed by atoms with Crippen LogP contribution in [0.4, 0.5) is 0 Å². The summed E-state index contributed by atoms with van der Waals surface area (Å²) in [6.45, 7) is 5.63. The van der Waals surface area contributed by atoms with Gasteiger partial charge < -0.3 is 0 Å². The van der Waals surface area contributed by atoms with Gasteiger partial charge in [-0.25, -0.2) is 0 Å². The molecule has 0 heterocycles. The molecule has 0 spiro atoms. The van der Waals surface area contributed by atoms with E-state index in [2.05, 4.69) is 25.8 Å². The van der Waals surface area contributed by atoms with Crippen LogP contribution < -0.4 is 0 Å². The van der Waals surface area contributed by atoms with Crippen molar-refractivity contribution < 1.29 is 19.2 Å². The van der Waals surface area contributed by atoms with Gasteiger partial charge in [-0.3, -0.25) is 0 Å². The maximum atomic E-state index is 3.64. The predicted octanol–water partition coefficient (Wildman–Crippen LogP) is 7.99. The van der Waals surface area contributed by atoms with Gasteiger partial charge in [0.25, 0.3) is 0 Å². The SMILES string of the molecule is C1CCC(P(C2CCCCC2)C2CCCCC2)CC1.C=C(C)[CH2][Pd]. The molecule has 0 aromatic heterocycles. The topological polar surface area (TPSA) is 0 Å². The molecule has 0 saturated heterocycles. The molecular formula is C22H40PPd. The molecule has 3 rings (SSSR count). The molecule has 0 aromatic carbocycles. The van der Waals surface area contributed by atoms with Gasteiger partial charge in [0, 0.05) is 0 Å².